The molecule has 0 fully saturated rings. The van der Waals surface area contributed by atoms with Gasteiger partial charge in [-0.25, -0.2) is 8.42 Å². The molecule has 0 radical (unpaired) electrons. The quantitative estimate of drug-likeness (QED) is 0.771. The Kier molecular flexibility index (Phi) is 6.99. The summed E-state index contributed by atoms with van der Waals surface area (Å²) < 4.78 is 29.5. The average molecular weight is 364 g/mol. The van der Waals surface area contributed by atoms with Gasteiger partial charge in [-0.2, -0.15) is 0 Å². The first-order chi connectivity index (χ1) is 9.35. The summed E-state index contributed by atoms with van der Waals surface area (Å²) in [6.45, 7) is 6.66. The number of rotatable bonds is 8. The highest BCUT2D eigenvalue weighted by molar-refractivity contribution is 9.10. The van der Waals surface area contributed by atoms with Gasteiger partial charge < -0.3 is 10.1 Å². The standard InChI is InChI=1S/C14H22BrNO3S/c1-4-20(17,18)9-8-19-14-12(10-16-11(2)3)6-5-7-13(14)15/h5-7,11,16H,4,8-10H2,1-3H3. The average Bonchev–Trinajstić information content (AvgIpc) is 2.38. The summed E-state index contributed by atoms with van der Waals surface area (Å²) in [5.41, 5.74) is 1.02. The predicted octanol–water partition coefficient (Wildman–Crippen LogP) is 2.76. The zero-order valence-electron chi connectivity index (χ0n) is 12.1. The van der Waals surface area contributed by atoms with E-state index >= 15 is 0 Å². The monoisotopic (exact) mass is 363 g/mol. The van der Waals surface area contributed by atoms with E-state index in [-0.39, 0.29) is 18.1 Å². The lowest BCUT2D eigenvalue weighted by Crippen LogP contribution is -2.22. The molecule has 0 bridgehead atoms. The van der Waals surface area contributed by atoms with Gasteiger partial charge in [-0.1, -0.05) is 32.9 Å². The number of sulfone groups is 1. The number of hydrogen-bond acceptors (Lipinski definition) is 4. The van der Waals surface area contributed by atoms with Gasteiger partial charge in [0.1, 0.15) is 12.4 Å². The van der Waals surface area contributed by atoms with Crippen molar-refractivity contribution in [3.8, 4) is 5.75 Å². The molecule has 0 unspecified atom stereocenters. The van der Waals surface area contributed by atoms with Gasteiger partial charge >= 0.3 is 0 Å². The zero-order chi connectivity index (χ0) is 15.2. The van der Waals surface area contributed by atoms with E-state index in [1.807, 2.05) is 18.2 Å². The lowest BCUT2D eigenvalue weighted by Gasteiger charge is -2.15. The first kappa shape index (κ1) is 17.5. The van der Waals surface area contributed by atoms with Crippen LogP contribution in [0.2, 0.25) is 0 Å². The molecule has 114 valence electrons. The summed E-state index contributed by atoms with van der Waals surface area (Å²) in [5.74, 6) is 0.905. The Balaban J connectivity index is 2.72. The fourth-order valence-electron chi connectivity index (χ4n) is 1.58. The van der Waals surface area contributed by atoms with Crippen LogP contribution in [-0.4, -0.2) is 32.6 Å². The SMILES string of the molecule is CCS(=O)(=O)CCOc1c(Br)cccc1CNC(C)C. The number of nitrogens with one attached hydrogen (secondary N) is 1. The molecule has 0 saturated carbocycles. The molecular formula is C14H22BrNO3S. The van der Waals surface area contributed by atoms with Gasteiger partial charge in [-0.05, 0) is 22.0 Å². The Morgan fingerprint density at radius 1 is 1.35 bits per heavy atom. The first-order valence-corrected chi connectivity index (χ1v) is 9.31. The maximum atomic E-state index is 11.5. The van der Waals surface area contributed by atoms with E-state index in [9.17, 15) is 8.42 Å². The van der Waals surface area contributed by atoms with Crippen LogP contribution < -0.4 is 10.1 Å². The Morgan fingerprint density at radius 2 is 2.05 bits per heavy atom. The molecule has 1 rings (SSSR count). The summed E-state index contributed by atoms with van der Waals surface area (Å²) in [5, 5.41) is 3.33. The predicted molar refractivity (Wildman–Crippen MR) is 85.9 cm³/mol. The number of benzene rings is 1. The second kappa shape index (κ2) is 8.00. The van der Waals surface area contributed by atoms with Crippen LogP contribution >= 0.6 is 15.9 Å². The summed E-state index contributed by atoms with van der Waals surface area (Å²) in [7, 11) is -3.00. The maximum Gasteiger partial charge on any atom is 0.153 e. The fourth-order valence-corrected chi connectivity index (χ4v) is 2.73. The molecule has 0 atom stereocenters. The van der Waals surface area contributed by atoms with E-state index in [4.69, 9.17) is 4.74 Å². The summed E-state index contributed by atoms with van der Waals surface area (Å²) in [4.78, 5) is 0. The highest BCUT2D eigenvalue weighted by Gasteiger charge is 2.11. The van der Waals surface area contributed by atoms with E-state index in [1.54, 1.807) is 6.92 Å². The van der Waals surface area contributed by atoms with Gasteiger partial charge in [0.25, 0.3) is 0 Å². The summed E-state index contributed by atoms with van der Waals surface area (Å²) in [6.07, 6.45) is 0. The lowest BCUT2D eigenvalue weighted by atomic mass is 10.2. The molecule has 1 aromatic rings. The van der Waals surface area contributed by atoms with Crippen molar-refractivity contribution >= 4 is 25.8 Å². The Morgan fingerprint density at radius 3 is 2.65 bits per heavy atom. The second-order valence-electron chi connectivity index (χ2n) is 4.85. The number of ether oxygens (including phenoxy) is 1. The van der Waals surface area contributed by atoms with Crippen molar-refractivity contribution in [2.75, 3.05) is 18.1 Å². The first-order valence-electron chi connectivity index (χ1n) is 6.69. The normalized spacial score (nSPS) is 11.8. The van der Waals surface area contributed by atoms with Crippen molar-refractivity contribution in [2.45, 2.75) is 33.4 Å². The smallest absolute Gasteiger partial charge is 0.153 e. The van der Waals surface area contributed by atoms with E-state index in [0.29, 0.717) is 18.3 Å². The van der Waals surface area contributed by atoms with Gasteiger partial charge in [0.05, 0.1) is 10.2 Å². The Bertz CT molecular complexity index is 529. The molecule has 1 N–H and O–H groups in total. The molecule has 0 aliphatic rings. The van der Waals surface area contributed by atoms with Crippen LogP contribution in [0, 0.1) is 0 Å². The zero-order valence-corrected chi connectivity index (χ0v) is 14.6. The third-order valence-corrected chi connectivity index (χ3v) is 5.12. The van der Waals surface area contributed by atoms with E-state index in [0.717, 1.165) is 10.0 Å². The Hall–Kier alpha value is -0.590. The molecular weight excluding hydrogens is 342 g/mol. The molecule has 1 aromatic carbocycles. The molecule has 0 heterocycles. The summed E-state index contributed by atoms with van der Waals surface area (Å²) in [6, 6.07) is 6.19. The minimum atomic E-state index is -3.00. The minimum absolute atomic E-state index is 0.0435. The molecule has 0 aliphatic heterocycles. The molecule has 0 aromatic heterocycles. The highest BCUT2D eigenvalue weighted by Crippen LogP contribution is 2.29. The molecule has 20 heavy (non-hydrogen) atoms. The third-order valence-electron chi connectivity index (χ3n) is 2.83. The largest absolute Gasteiger partial charge is 0.491 e. The van der Waals surface area contributed by atoms with Gasteiger partial charge in [-0.3, -0.25) is 0 Å². The van der Waals surface area contributed by atoms with Gasteiger partial charge in [0, 0.05) is 23.9 Å². The molecule has 6 heteroatoms. The summed E-state index contributed by atoms with van der Waals surface area (Å²) >= 11 is 3.45. The van der Waals surface area contributed by atoms with Crippen molar-refractivity contribution in [3.63, 3.8) is 0 Å². The van der Waals surface area contributed by atoms with Crippen molar-refractivity contribution in [1.82, 2.24) is 5.32 Å². The minimum Gasteiger partial charge on any atom is -0.491 e. The van der Waals surface area contributed by atoms with Crippen molar-refractivity contribution in [1.29, 1.82) is 0 Å². The van der Waals surface area contributed by atoms with Crippen molar-refractivity contribution in [2.24, 2.45) is 0 Å². The number of hydrogen-bond donors (Lipinski definition) is 1. The van der Waals surface area contributed by atoms with Gasteiger partial charge in [-0.15, -0.1) is 0 Å². The van der Waals surface area contributed by atoms with E-state index < -0.39 is 9.84 Å². The van der Waals surface area contributed by atoms with Crippen LogP contribution in [0.3, 0.4) is 0 Å². The van der Waals surface area contributed by atoms with Crippen LogP contribution in [-0.2, 0) is 16.4 Å². The highest BCUT2D eigenvalue weighted by atomic mass is 79.9. The van der Waals surface area contributed by atoms with Crippen molar-refractivity contribution < 1.29 is 13.2 Å². The van der Waals surface area contributed by atoms with Crippen molar-refractivity contribution in [3.05, 3.63) is 28.2 Å². The van der Waals surface area contributed by atoms with Gasteiger partial charge in [0.15, 0.2) is 9.84 Å². The third kappa shape index (κ3) is 5.81. The topological polar surface area (TPSA) is 55.4 Å². The van der Waals surface area contributed by atoms with Crippen LogP contribution in [0.1, 0.15) is 26.3 Å². The fraction of sp³-hybridized carbons (Fsp3) is 0.571. The second-order valence-corrected chi connectivity index (χ2v) is 8.18. The van der Waals surface area contributed by atoms with E-state index in [1.165, 1.54) is 0 Å². The molecule has 0 saturated heterocycles. The Labute approximate surface area is 130 Å². The number of halogens is 1. The van der Waals surface area contributed by atoms with Crippen LogP contribution in [0.5, 0.6) is 5.75 Å². The molecule has 0 aliphatic carbocycles. The van der Waals surface area contributed by atoms with E-state index in [2.05, 4.69) is 35.1 Å². The maximum absolute atomic E-state index is 11.5. The van der Waals surface area contributed by atoms with Crippen LogP contribution in [0.15, 0.2) is 22.7 Å². The van der Waals surface area contributed by atoms with Crippen LogP contribution in [0.25, 0.3) is 0 Å². The van der Waals surface area contributed by atoms with Gasteiger partial charge in [0.2, 0.25) is 0 Å². The molecule has 0 amide bonds. The molecule has 4 nitrogen and oxygen atoms in total. The number of para-hydroxylation sites is 1. The lowest BCUT2D eigenvalue weighted by molar-refractivity contribution is 0.333. The molecule has 0 spiro atoms. The van der Waals surface area contributed by atoms with Crippen LogP contribution in [0.4, 0.5) is 0 Å².